The predicted octanol–water partition coefficient (Wildman–Crippen LogP) is 3.56. The maximum Gasteiger partial charge on any atom is 0.407 e. The molecule has 0 aliphatic rings. The fraction of sp³-hybridized carbons (Fsp3) is 0.462. The van der Waals surface area contributed by atoms with E-state index in [1.807, 2.05) is 30.3 Å². The summed E-state index contributed by atoms with van der Waals surface area (Å²) in [6.07, 6.45) is -3.18. The van der Waals surface area contributed by atoms with Gasteiger partial charge in [-0.3, -0.25) is 0 Å². The van der Waals surface area contributed by atoms with Gasteiger partial charge in [0.15, 0.2) is 17.6 Å². The lowest BCUT2D eigenvalue weighted by Gasteiger charge is -2.28. The molecule has 0 heterocycles. The minimum Gasteiger partial charge on any atom is -0.493 e. The fourth-order valence-electron chi connectivity index (χ4n) is 3.40. The van der Waals surface area contributed by atoms with Gasteiger partial charge in [0.05, 0.1) is 33.0 Å². The minimum atomic E-state index is -1.31. The normalized spacial score (nSPS) is 13.9. The van der Waals surface area contributed by atoms with Crippen molar-refractivity contribution >= 4 is 12.1 Å². The van der Waals surface area contributed by atoms with Crippen molar-refractivity contribution in [3.05, 3.63) is 59.7 Å². The molecule has 9 heteroatoms. The average Bonchev–Trinajstić information content (AvgIpc) is 2.80. The standard InChI is InChI=1S/C26H35NO8/c1-26(2,3)35-25(31)27-19(13-17-9-7-6-8-10-17)20(28)15-23(24(29)30)34-16-18-11-12-21(32-4)22(14-18)33-5/h6-12,14,19-20,23,28H,13,15-16H2,1-5H3,(H,27,31)(H,29,30)/t19-,20-,23+/m0/s1. The Balaban J connectivity index is 2.11. The summed E-state index contributed by atoms with van der Waals surface area (Å²) in [7, 11) is 3.02. The molecule has 192 valence electrons. The molecule has 3 atom stereocenters. The number of nitrogens with one attached hydrogen (secondary N) is 1. The summed E-state index contributed by atoms with van der Waals surface area (Å²) < 4.78 is 21.4. The molecule has 0 aliphatic carbocycles. The first-order valence-electron chi connectivity index (χ1n) is 11.3. The smallest absolute Gasteiger partial charge is 0.407 e. The van der Waals surface area contributed by atoms with Gasteiger partial charge in [0.25, 0.3) is 0 Å². The van der Waals surface area contributed by atoms with Crippen LogP contribution in [0.15, 0.2) is 48.5 Å². The fourth-order valence-corrected chi connectivity index (χ4v) is 3.40. The third kappa shape index (κ3) is 9.46. The number of ether oxygens (including phenoxy) is 4. The number of aliphatic hydroxyl groups is 1. The molecule has 0 aliphatic heterocycles. The van der Waals surface area contributed by atoms with Crippen molar-refractivity contribution in [3.63, 3.8) is 0 Å². The average molecular weight is 490 g/mol. The van der Waals surface area contributed by atoms with Gasteiger partial charge in [0.1, 0.15) is 5.60 Å². The molecule has 35 heavy (non-hydrogen) atoms. The van der Waals surface area contributed by atoms with Crippen molar-refractivity contribution in [3.8, 4) is 11.5 Å². The molecule has 3 N–H and O–H groups in total. The summed E-state index contributed by atoms with van der Waals surface area (Å²) >= 11 is 0. The molecule has 0 saturated carbocycles. The zero-order valence-corrected chi connectivity index (χ0v) is 20.8. The summed E-state index contributed by atoms with van der Waals surface area (Å²) in [5.41, 5.74) is 0.820. The van der Waals surface area contributed by atoms with Crippen LogP contribution in [0.5, 0.6) is 11.5 Å². The van der Waals surface area contributed by atoms with Crippen LogP contribution in [0.4, 0.5) is 4.79 Å². The molecule has 0 fully saturated rings. The molecule has 2 rings (SSSR count). The summed E-state index contributed by atoms with van der Waals surface area (Å²) in [6, 6.07) is 13.6. The summed E-state index contributed by atoms with van der Waals surface area (Å²) in [4.78, 5) is 24.3. The Morgan fingerprint density at radius 1 is 0.971 bits per heavy atom. The van der Waals surface area contributed by atoms with Crippen molar-refractivity contribution in [2.45, 2.75) is 64.1 Å². The van der Waals surface area contributed by atoms with E-state index in [0.29, 0.717) is 17.1 Å². The highest BCUT2D eigenvalue weighted by Gasteiger charge is 2.30. The van der Waals surface area contributed by atoms with Crippen molar-refractivity contribution < 1.29 is 38.7 Å². The van der Waals surface area contributed by atoms with Crippen LogP contribution in [0, 0.1) is 0 Å². The van der Waals surface area contributed by atoms with Gasteiger partial charge in [-0.1, -0.05) is 36.4 Å². The van der Waals surface area contributed by atoms with E-state index in [1.54, 1.807) is 39.0 Å². The van der Waals surface area contributed by atoms with Crippen molar-refractivity contribution in [1.29, 1.82) is 0 Å². The van der Waals surface area contributed by atoms with Gasteiger partial charge in [-0.2, -0.15) is 0 Å². The molecule has 0 saturated heterocycles. The second-order valence-corrected chi connectivity index (χ2v) is 9.07. The molecule has 2 aromatic rings. The number of carboxylic acid groups (broad SMARTS) is 1. The highest BCUT2D eigenvalue weighted by molar-refractivity contribution is 5.72. The first-order chi connectivity index (χ1) is 16.5. The Morgan fingerprint density at radius 2 is 1.63 bits per heavy atom. The Kier molecular flexibility index (Phi) is 10.4. The summed E-state index contributed by atoms with van der Waals surface area (Å²) in [5, 5.41) is 23.3. The Labute approximate surface area is 206 Å². The molecule has 1 amide bonds. The lowest BCUT2D eigenvalue weighted by atomic mass is 9.97. The van der Waals surface area contributed by atoms with Crippen molar-refractivity contribution in [1.82, 2.24) is 5.32 Å². The second-order valence-electron chi connectivity index (χ2n) is 9.07. The third-order valence-electron chi connectivity index (χ3n) is 5.10. The molecule has 0 bridgehead atoms. The number of carbonyl (C=O) groups is 2. The lowest BCUT2D eigenvalue weighted by Crippen LogP contribution is -2.48. The SMILES string of the molecule is COc1ccc(CO[C@H](C[C@H](O)[C@H](Cc2ccccc2)NC(=O)OC(C)(C)C)C(=O)O)cc1OC. The van der Waals surface area contributed by atoms with Gasteiger partial charge in [-0.05, 0) is 50.5 Å². The number of hydrogen-bond donors (Lipinski definition) is 3. The van der Waals surface area contributed by atoms with E-state index in [4.69, 9.17) is 18.9 Å². The number of methoxy groups -OCH3 is 2. The van der Waals surface area contributed by atoms with Gasteiger partial charge >= 0.3 is 12.1 Å². The number of benzene rings is 2. The topological polar surface area (TPSA) is 124 Å². The number of rotatable bonds is 12. The van der Waals surface area contributed by atoms with E-state index in [9.17, 15) is 19.8 Å². The van der Waals surface area contributed by atoms with E-state index < -0.39 is 35.9 Å². The molecular formula is C26H35NO8. The van der Waals surface area contributed by atoms with E-state index in [2.05, 4.69) is 5.32 Å². The zero-order chi connectivity index (χ0) is 26.0. The molecular weight excluding hydrogens is 454 g/mol. The zero-order valence-electron chi connectivity index (χ0n) is 20.8. The number of carbonyl (C=O) groups excluding carboxylic acids is 1. The van der Waals surface area contributed by atoms with E-state index in [-0.39, 0.29) is 19.4 Å². The van der Waals surface area contributed by atoms with Gasteiger partial charge in [-0.15, -0.1) is 0 Å². The highest BCUT2D eigenvalue weighted by Crippen LogP contribution is 2.28. The van der Waals surface area contributed by atoms with Crippen LogP contribution in [0.3, 0.4) is 0 Å². The van der Waals surface area contributed by atoms with E-state index >= 15 is 0 Å². The third-order valence-corrected chi connectivity index (χ3v) is 5.10. The van der Waals surface area contributed by atoms with Gasteiger partial charge in [0, 0.05) is 6.42 Å². The molecule has 9 nitrogen and oxygen atoms in total. The first kappa shape index (κ1) is 27.9. The largest absolute Gasteiger partial charge is 0.493 e. The number of carboxylic acids is 1. The maximum absolute atomic E-state index is 12.4. The number of amides is 1. The highest BCUT2D eigenvalue weighted by atomic mass is 16.6. The van der Waals surface area contributed by atoms with Crippen molar-refractivity contribution in [2.75, 3.05) is 14.2 Å². The number of alkyl carbamates (subject to hydrolysis) is 1. The second kappa shape index (κ2) is 13.0. The summed E-state index contributed by atoms with van der Waals surface area (Å²) in [5.74, 6) is -0.191. The molecule has 0 aromatic heterocycles. The number of aliphatic carboxylic acids is 1. The monoisotopic (exact) mass is 489 g/mol. The molecule has 0 unspecified atom stereocenters. The maximum atomic E-state index is 12.4. The molecule has 2 aromatic carbocycles. The Bertz CT molecular complexity index is 958. The Hall–Kier alpha value is -3.30. The number of aliphatic hydroxyl groups excluding tert-OH is 1. The Morgan fingerprint density at radius 3 is 2.20 bits per heavy atom. The first-order valence-corrected chi connectivity index (χ1v) is 11.3. The van der Waals surface area contributed by atoms with E-state index in [1.165, 1.54) is 14.2 Å². The van der Waals surface area contributed by atoms with Crippen LogP contribution in [0.1, 0.15) is 38.3 Å². The van der Waals surface area contributed by atoms with Crippen LogP contribution in [0.25, 0.3) is 0 Å². The van der Waals surface area contributed by atoms with E-state index in [0.717, 1.165) is 5.56 Å². The van der Waals surface area contributed by atoms with Gasteiger partial charge < -0.3 is 34.5 Å². The quantitative estimate of drug-likeness (QED) is 0.414. The molecule has 0 spiro atoms. The van der Waals surface area contributed by atoms with Crippen LogP contribution in [-0.4, -0.2) is 60.3 Å². The van der Waals surface area contributed by atoms with Crippen LogP contribution in [0.2, 0.25) is 0 Å². The predicted molar refractivity (Wildman–Crippen MR) is 130 cm³/mol. The van der Waals surface area contributed by atoms with Crippen molar-refractivity contribution in [2.24, 2.45) is 0 Å². The van der Waals surface area contributed by atoms with Crippen LogP contribution >= 0.6 is 0 Å². The van der Waals surface area contributed by atoms with Crippen LogP contribution < -0.4 is 14.8 Å². The van der Waals surface area contributed by atoms with Crippen LogP contribution in [-0.2, 0) is 27.3 Å². The summed E-state index contributed by atoms with van der Waals surface area (Å²) in [6.45, 7) is 5.18. The lowest BCUT2D eigenvalue weighted by molar-refractivity contribution is -0.153. The van der Waals surface area contributed by atoms with Gasteiger partial charge in [-0.25, -0.2) is 9.59 Å². The number of hydrogen-bond acceptors (Lipinski definition) is 7. The molecule has 0 radical (unpaired) electrons. The van der Waals surface area contributed by atoms with Gasteiger partial charge in [0.2, 0.25) is 0 Å². The minimum absolute atomic E-state index is 0.0209.